The van der Waals surface area contributed by atoms with Crippen LogP contribution in [0.15, 0.2) is 0 Å². The molecule has 2 amide bonds. The van der Waals surface area contributed by atoms with Crippen LogP contribution in [0.1, 0.15) is 20.3 Å². The molecule has 1 aliphatic heterocycles. The zero-order chi connectivity index (χ0) is 13.5. The number of carbonyl (C=O) groups excluding carboxylic acids is 2. The topological polar surface area (TPSA) is 70.2 Å². The van der Waals surface area contributed by atoms with Crippen molar-refractivity contribution >= 4 is 23.6 Å². The third-order valence-electron chi connectivity index (χ3n) is 2.82. The highest BCUT2D eigenvalue weighted by atomic mass is 32.2. The van der Waals surface area contributed by atoms with Crippen molar-refractivity contribution in [2.24, 2.45) is 5.92 Å². The van der Waals surface area contributed by atoms with E-state index < -0.39 is 6.04 Å². The van der Waals surface area contributed by atoms with Gasteiger partial charge in [0, 0.05) is 25.1 Å². The van der Waals surface area contributed by atoms with Gasteiger partial charge in [0.1, 0.15) is 6.04 Å². The van der Waals surface area contributed by atoms with Crippen LogP contribution in [0, 0.1) is 5.92 Å². The van der Waals surface area contributed by atoms with Gasteiger partial charge in [0.25, 0.3) is 0 Å². The lowest BCUT2D eigenvalue weighted by Crippen LogP contribution is -2.54. The van der Waals surface area contributed by atoms with Crippen molar-refractivity contribution in [1.29, 1.82) is 0 Å². The van der Waals surface area contributed by atoms with Crippen LogP contribution in [-0.2, 0) is 9.59 Å². The largest absolute Gasteiger partial charge is 0.357 e. The molecule has 1 saturated heterocycles. The molecule has 0 spiro atoms. The van der Waals surface area contributed by atoms with Crippen LogP contribution in [0.25, 0.3) is 0 Å². The van der Waals surface area contributed by atoms with Gasteiger partial charge >= 0.3 is 0 Å². The smallest absolute Gasteiger partial charge is 0.242 e. The lowest BCUT2D eigenvalue weighted by molar-refractivity contribution is -0.129. The van der Waals surface area contributed by atoms with Crippen LogP contribution in [-0.4, -0.2) is 49.0 Å². The Bertz CT molecular complexity index is 291. The third kappa shape index (κ3) is 4.86. The van der Waals surface area contributed by atoms with E-state index in [4.69, 9.17) is 0 Å². The number of thioether (sulfide) groups is 1. The van der Waals surface area contributed by atoms with Gasteiger partial charge in [0.15, 0.2) is 0 Å². The third-order valence-corrected chi connectivity index (χ3v) is 3.89. The quantitative estimate of drug-likeness (QED) is 0.658. The maximum Gasteiger partial charge on any atom is 0.242 e. The van der Waals surface area contributed by atoms with Gasteiger partial charge < -0.3 is 16.0 Å². The Morgan fingerprint density at radius 2 is 2.17 bits per heavy atom. The van der Waals surface area contributed by atoms with E-state index in [1.807, 2.05) is 13.8 Å². The van der Waals surface area contributed by atoms with Gasteiger partial charge in [-0.05, 0) is 12.3 Å². The number of likely N-dealkylation sites (N-methyl/N-ethyl adjacent to an activating group) is 1. The molecule has 1 heterocycles. The first kappa shape index (κ1) is 15.3. The summed E-state index contributed by atoms with van der Waals surface area (Å²) in [4.78, 5) is 23.8. The Morgan fingerprint density at radius 1 is 1.44 bits per heavy atom. The van der Waals surface area contributed by atoms with Crippen molar-refractivity contribution in [3.63, 3.8) is 0 Å². The molecule has 3 N–H and O–H groups in total. The Balaban J connectivity index is 2.52. The molecule has 0 aromatic heterocycles. The molecule has 0 aliphatic carbocycles. The first-order valence-corrected chi connectivity index (χ1v) is 7.53. The molecule has 104 valence electrons. The molecular formula is C12H23N3O2S. The molecule has 5 nitrogen and oxygen atoms in total. The van der Waals surface area contributed by atoms with Gasteiger partial charge in [-0.15, -0.1) is 0 Å². The summed E-state index contributed by atoms with van der Waals surface area (Å²) in [7, 11) is 1.59. The fourth-order valence-electron chi connectivity index (χ4n) is 1.88. The summed E-state index contributed by atoms with van der Waals surface area (Å²) in [5.74, 6) is 1.97. The molecule has 0 saturated carbocycles. The molecule has 1 rings (SSSR count). The summed E-state index contributed by atoms with van der Waals surface area (Å²) in [5.41, 5.74) is 0. The van der Waals surface area contributed by atoms with Crippen LogP contribution >= 0.6 is 11.8 Å². The number of nitrogens with one attached hydrogen (secondary N) is 3. The first-order chi connectivity index (χ1) is 8.54. The molecular weight excluding hydrogens is 250 g/mol. The molecule has 0 aromatic carbocycles. The minimum atomic E-state index is -0.434. The highest BCUT2D eigenvalue weighted by Gasteiger charge is 2.26. The Morgan fingerprint density at radius 3 is 2.67 bits per heavy atom. The standard InChI is InChI=1S/C12H23N3O2S/c1-8(2)6-9(11(16)13-3)15-12(17)10-7-18-5-4-14-10/h8-10,14H,4-7H2,1-3H3,(H,13,16)(H,15,17). The van der Waals surface area contributed by atoms with Crippen molar-refractivity contribution in [3.05, 3.63) is 0 Å². The average Bonchev–Trinajstić information content (AvgIpc) is 2.37. The maximum atomic E-state index is 12.0. The molecule has 0 aromatic rings. The predicted octanol–water partition coefficient (Wildman–Crippen LogP) is -0.0317. The van der Waals surface area contributed by atoms with E-state index in [0.29, 0.717) is 12.3 Å². The van der Waals surface area contributed by atoms with E-state index in [-0.39, 0.29) is 17.9 Å². The number of hydrogen-bond acceptors (Lipinski definition) is 4. The zero-order valence-electron chi connectivity index (χ0n) is 11.3. The maximum absolute atomic E-state index is 12.0. The summed E-state index contributed by atoms with van der Waals surface area (Å²) in [6.45, 7) is 4.92. The fraction of sp³-hybridized carbons (Fsp3) is 0.833. The van der Waals surface area contributed by atoms with Gasteiger partial charge in [-0.3, -0.25) is 9.59 Å². The second-order valence-corrected chi connectivity index (χ2v) is 6.04. The minimum absolute atomic E-state index is 0.0727. The highest BCUT2D eigenvalue weighted by Crippen LogP contribution is 2.09. The molecule has 18 heavy (non-hydrogen) atoms. The summed E-state index contributed by atoms with van der Waals surface area (Å²) < 4.78 is 0. The number of hydrogen-bond donors (Lipinski definition) is 3. The SMILES string of the molecule is CNC(=O)C(CC(C)C)NC(=O)C1CSCCN1. The molecule has 2 atom stereocenters. The Hall–Kier alpha value is -0.750. The molecule has 0 radical (unpaired) electrons. The second kappa shape index (κ2) is 7.63. The van der Waals surface area contributed by atoms with E-state index in [2.05, 4.69) is 16.0 Å². The van der Waals surface area contributed by atoms with E-state index in [1.54, 1.807) is 18.8 Å². The van der Waals surface area contributed by atoms with Gasteiger partial charge in [-0.1, -0.05) is 13.8 Å². The van der Waals surface area contributed by atoms with E-state index in [1.165, 1.54) is 0 Å². The predicted molar refractivity (Wildman–Crippen MR) is 74.6 cm³/mol. The van der Waals surface area contributed by atoms with Gasteiger partial charge in [-0.2, -0.15) is 11.8 Å². The van der Waals surface area contributed by atoms with Crippen LogP contribution < -0.4 is 16.0 Å². The van der Waals surface area contributed by atoms with Crippen LogP contribution in [0.5, 0.6) is 0 Å². The van der Waals surface area contributed by atoms with Crippen molar-refractivity contribution in [2.45, 2.75) is 32.4 Å². The monoisotopic (exact) mass is 273 g/mol. The molecule has 2 unspecified atom stereocenters. The summed E-state index contributed by atoms with van der Waals surface area (Å²) in [5, 5.41) is 8.61. The van der Waals surface area contributed by atoms with Crippen molar-refractivity contribution < 1.29 is 9.59 Å². The lowest BCUT2D eigenvalue weighted by Gasteiger charge is -2.25. The van der Waals surface area contributed by atoms with Gasteiger partial charge in [0.2, 0.25) is 11.8 Å². The minimum Gasteiger partial charge on any atom is -0.357 e. The number of rotatable bonds is 5. The summed E-state index contributed by atoms with van der Waals surface area (Å²) >= 11 is 1.76. The molecule has 1 aliphatic rings. The first-order valence-electron chi connectivity index (χ1n) is 6.37. The zero-order valence-corrected chi connectivity index (χ0v) is 12.1. The van der Waals surface area contributed by atoms with E-state index in [9.17, 15) is 9.59 Å². The number of amides is 2. The van der Waals surface area contributed by atoms with Crippen molar-refractivity contribution in [2.75, 3.05) is 25.1 Å². The molecule has 0 bridgehead atoms. The fourth-order valence-corrected chi connectivity index (χ4v) is 2.82. The molecule has 1 fully saturated rings. The molecule has 6 heteroatoms. The number of carbonyl (C=O) groups is 2. The van der Waals surface area contributed by atoms with Gasteiger partial charge in [0.05, 0.1) is 6.04 Å². The average molecular weight is 273 g/mol. The summed E-state index contributed by atoms with van der Waals surface area (Å²) in [6.07, 6.45) is 0.658. The normalized spacial score (nSPS) is 21.4. The van der Waals surface area contributed by atoms with Crippen molar-refractivity contribution in [1.82, 2.24) is 16.0 Å². The van der Waals surface area contributed by atoms with E-state index >= 15 is 0 Å². The van der Waals surface area contributed by atoms with E-state index in [0.717, 1.165) is 18.1 Å². The van der Waals surface area contributed by atoms with Gasteiger partial charge in [-0.25, -0.2) is 0 Å². The highest BCUT2D eigenvalue weighted by molar-refractivity contribution is 7.99. The van der Waals surface area contributed by atoms with Crippen LogP contribution in [0.4, 0.5) is 0 Å². The second-order valence-electron chi connectivity index (χ2n) is 4.89. The van der Waals surface area contributed by atoms with Crippen LogP contribution in [0.3, 0.4) is 0 Å². The Labute approximate surface area is 113 Å². The summed E-state index contributed by atoms with van der Waals surface area (Å²) in [6, 6.07) is -0.612. The van der Waals surface area contributed by atoms with Crippen molar-refractivity contribution in [3.8, 4) is 0 Å². The van der Waals surface area contributed by atoms with Crippen LogP contribution in [0.2, 0.25) is 0 Å². The Kier molecular flexibility index (Phi) is 6.49. The lowest BCUT2D eigenvalue weighted by atomic mass is 10.0.